The van der Waals surface area contributed by atoms with Gasteiger partial charge in [0.1, 0.15) is 6.90 Å². The molecule has 1 aliphatic rings. The van der Waals surface area contributed by atoms with Gasteiger partial charge in [0, 0.05) is 21.2 Å². The molecule has 4 heteroatoms. The molecule has 2 nitrogen and oxygen atoms in total. The molecule has 0 bridgehead atoms. The van der Waals surface area contributed by atoms with Gasteiger partial charge in [-0.05, 0) is 12.8 Å². The third-order valence-electron chi connectivity index (χ3n) is 0.953. The highest BCUT2D eigenvalue weighted by Crippen LogP contribution is 2.32. The SMILES string of the molecule is N=S(=O)(I)C1CC1. The molecule has 42 valence electrons. The van der Waals surface area contributed by atoms with Crippen molar-refractivity contribution in [1.29, 1.82) is 4.78 Å². The first kappa shape index (κ1) is 5.81. The molecule has 0 aromatic carbocycles. The summed E-state index contributed by atoms with van der Waals surface area (Å²) in [6, 6.07) is 0. The minimum Gasteiger partial charge on any atom is -0.244 e. The Morgan fingerprint density at radius 2 is 2.14 bits per heavy atom. The molecule has 1 aliphatic carbocycles. The van der Waals surface area contributed by atoms with E-state index in [4.69, 9.17) is 4.78 Å². The van der Waals surface area contributed by atoms with Crippen LogP contribution in [0.4, 0.5) is 0 Å². The van der Waals surface area contributed by atoms with E-state index in [9.17, 15) is 4.21 Å². The summed E-state index contributed by atoms with van der Waals surface area (Å²) >= 11 is 1.72. The Kier molecular flexibility index (Phi) is 1.31. The summed E-state index contributed by atoms with van der Waals surface area (Å²) in [5.41, 5.74) is 0. The highest BCUT2D eigenvalue weighted by Gasteiger charge is 2.30. The molecule has 0 spiro atoms. The predicted octanol–water partition coefficient (Wildman–Crippen LogP) is 1.55. The lowest BCUT2D eigenvalue weighted by atomic mass is 11.0. The number of nitrogens with one attached hydrogen (secondary N) is 1. The average Bonchev–Trinajstić information content (AvgIpc) is 1.99. The second kappa shape index (κ2) is 1.58. The summed E-state index contributed by atoms with van der Waals surface area (Å²) in [7, 11) is 0. The summed E-state index contributed by atoms with van der Waals surface area (Å²) in [5, 5.41) is 0.230. The van der Waals surface area contributed by atoms with Crippen LogP contribution in [0, 0.1) is 4.78 Å². The molecule has 0 saturated heterocycles. The fourth-order valence-electron chi connectivity index (χ4n) is 0.371. The lowest BCUT2D eigenvalue weighted by molar-refractivity contribution is 0.685. The topological polar surface area (TPSA) is 40.9 Å². The number of halogens is 1. The van der Waals surface area contributed by atoms with Gasteiger partial charge in [-0.2, -0.15) is 0 Å². The molecule has 1 N–H and O–H groups in total. The molecule has 0 aromatic rings. The van der Waals surface area contributed by atoms with Gasteiger partial charge in [-0.1, -0.05) is 0 Å². The summed E-state index contributed by atoms with van der Waals surface area (Å²) in [6.07, 6.45) is 2.01. The van der Waals surface area contributed by atoms with Gasteiger partial charge in [-0.15, -0.1) is 0 Å². The van der Waals surface area contributed by atoms with Gasteiger partial charge in [-0.3, -0.25) is 0 Å². The quantitative estimate of drug-likeness (QED) is 0.539. The van der Waals surface area contributed by atoms with Crippen molar-refractivity contribution in [3.05, 3.63) is 0 Å². The van der Waals surface area contributed by atoms with Gasteiger partial charge < -0.3 is 0 Å². The van der Waals surface area contributed by atoms with E-state index in [1.165, 1.54) is 0 Å². The van der Waals surface area contributed by atoms with Gasteiger partial charge in [0.2, 0.25) is 0 Å². The Hall–Kier alpha value is 0.680. The zero-order chi connectivity index (χ0) is 5.49. The minimum atomic E-state index is -2.16. The smallest absolute Gasteiger partial charge is 0.102 e. The zero-order valence-corrected chi connectivity index (χ0v) is 6.66. The van der Waals surface area contributed by atoms with Crippen molar-refractivity contribution in [3.63, 3.8) is 0 Å². The lowest BCUT2D eigenvalue weighted by Gasteiger charge is -1.86. The molecular weight excluding hydrogens is 225 g/mol. The molecular formula is C3H6INOS. The van der Waals surface area contributed by atoms with Crippen molar-refractivity contribution < 1.29 is 4.21 Å². The van der Waals surface area contributed by atoms with Crippen LogP contribution in [0.5, 0.6) is 0 Å². The maximum Gasteiger partial charge on any atom is 0.102 e. The fraction of sp³-hybridized carbons (Fsp3) is 1.00. The molecule has 0 radical (unpaired) electrons. The van der Waals surface area contributed by atoms with Crippen LogP contribution < -0.4 is 0 Å². The van der Waals surface area contributed by atoms with E-state index in [1.54, 1.807) is 21.2 Å². The molecule has 0 heterocycles. The summed E-state index contributed by atoms with van der Waals surface area (Å²) in [4.78, 5) is 0. The molecule has 1 rings (SSSR count). The average molecular weight is 231 g/mol. The number of hydrogen-bond acceptors (Lipinski definition) is 2. The fourth-order valence-corrected chi connectivity index (χ4v) is 2.64. The summed E-state index contributed by atoms with van der Waals surface area (Å²) in [5.74, 6) is 0. The normalized spacial score (nSPS) is 29.3. The van der Waals surface area contributed by atoms with Crippen molar-refractivity contribution in [2.75, 3.05) is 0 Å². The Balaban J connectivity index is 2.71. The molecule has 1 atom stereocenters. The molecule has 1 saturated carbocycles. The van der Waals surface area contributed by atoms with E-state index in [2.05, 4.69) is 0 Å². The van der Waals surface area contributed by atoms with Crippen molar-refractivity contribution in [3.8, 4) is 0 Å². The van der Waals surface area contributed by atoms with E-state index in [1.807, 2.05) is 0 Å². The lowest BCUT2D eigenvalue weighted by Crippen LogP contribution is -1.90. The van der Waals surface area contributed by atoms with E-state index >= 15 is 0 Å². The summed E-state index contributed by atoms with van der Waals surface area (Å²) < 4.78 is 17.6. The van der Waals surface area contributed by atoms with Gasteiger partial charge in [-0.25, -0.2) is 8.99 Å². The molecule has 0 aromatic heterocycles. The highest BCUT2D eigenvalue weighted by molar-refractivity contribution is 14.2. The first-order valence-electron chi connectivity index (χ1n) is 2.08. The van der Waals surface area contributed by atoms with E-state index in [0.29, 0.717) is 0 Å². The van der Waals surface area contributed by atoms with Gasteiger partial charge in [0.05, 0.1) is 5.25 Å². The minimum absolute atomic E-state index is 0.230. The Bertz CT molecular complexity index is 158. The van der Waals surface area contributed by atoms with Crippen LogP contribution in [0.25, 0.3) is 0 Å². The third kappa shape index (κ3) is 1.56. The van der Waals surface area contributed by atoms with Gasteiger partial charge >= 0.3 is 0 Å². The van der Waals surface area contributed by atoms with Crippen molar-refractivity contribution >= 4 is 28.1 Å². The number of rotatable bonds is 1. The monoisotopic (exact) mass is 231 g/mol. The largest absolute Gasteiger partial charge is 0.244 e. The second-order valence-electron chi connectivity index (χ2n) is 1.73. The van der Waals surface area contributed by atoms with Crippen LogP contribution in [-0.4, -0.2) is 9.46 Å². The van der Waals surface area contributed by atoms with Crippen LogP contribution in [0.15, 0.2) is 0 Å². The van der Waals surface area contributed by atoms with Crippen LogP contribution >= 0.6 is 21.2 Å². The van der Waals surface area contributed by atoms with Gasteiger partial charge in [0.15, 0.2) is 0 Å². The zero-order valence-electron chi connectivity index (χ0n) is 3.69. The van der Waals surface area contributed by atoms with Crippen LogP contribution in [0.2, 0.25) is 0 Å². The first-order valence-corrected chi connectivity index (χ1v) is 6.24. The Morgan fingerprint density at radius 3 is 2.14 bits per heavy atom. The maximum atomic E-state index is 10.6. The van der Waals surface area contributed by atoms with E-state index in [0.717, 1.165) is 12.8 Å². The van der Waals surface area contributed by atoms with E-state index in [-0.39, 0.29) is 5.25 Å². The second-order valence-corrected chi connectivity index (χ2v) is 7.37. The molecule has 1 unspecified atom stereocenters. The van der Waals surface area contributed by atoms with Crippen molar-refractivity contribution in [2.45, 2.75) is 18.1 Å². The van der Waals surface area contributed by atoms with Gasteiger partial charge in [0.25, 0.3) is 0 Å². The third-order valence-corrected chi connectivity index (χ3v) is 4.44. The Morgan fingerprint density at radius 1 is 1.71 bits per heavy atom. The van der Waals surface area contributed by atoms with Crippen molar-refractivity contribution in [1.82, 2.24) is 0 Å². The number of hydrogen-bond donors (Lipinski definition) is 1. The van der Waals surface area contributed by atoms with E-state index < -0.39 is 6.90 Å². The highest BCUT2D eigenvalue weighted by atomic mass is 127. The standard InChI is InChI=1S/C3H6INOS/c4-7(5,6)3-1-2-3/h3,5H,1-2H2. The first-order chi connectivity index (χ1) is 3.11. The van der Waals surface area contributed by atoms with Crippen molar-refractivity contribution in [2.24, 2.45) is 0 Å². The molecule has 1 fully saturated rings. The maximum absolute atomic E-state index is 10.6. The van der Waals surface area contributed by atoms with Crippen LogP contribution in [-0.2, 0) is 6.90 Å². The van der Waals surface area contributed by atoms with Crippen LogP contribution in [0.3, 0.4) is 0 Å². The molecule has 0 amide bonds. The van der Waals surface area contributed by atoms with Crippen LogP contribution in [0.1, 0.15) is 12.8 Å². The molecule has 7 heavy (non-hydrogen) atoms. The molecule has 0 aliphatic heterocycles. The Labute approximate surface area is 55.2 Å². The summed E-state index contributed by atoms with van der Waals surface area (Å²) in [6.45, 7) is -2.16. The predicted molar refractivity (Wildman–Crippen MR) is 37.9 cm³/mol.